The number of para-hydroxylation sites is 1. The summed E-state index contributed by atoms with van der Waals surface area (Å²) in [6.45, 7) is 3.84. The summed E-state index contributed by atoms with van der Waals surface area (Å²) < 4.78 is 6.75. The zero-order valence-corrected chi connectivity index (χ0v) is 14.5. The van der Waals surface area contributed by atoms with E-state index in [1.165, 1.54) is 0 Å². The van der Waals surface area contributed by atoms with Crippen LogP contribution in [0, 0.1) is 6.92 Å². The highest BCUT2D eigenvalue weighted by Crippen LogP contribution is 2.24. The van der Waals surface area contributed by atoms with Crippen molar-refractivity contribution < 1.29 is 9.21 Å². The van der Waals surface area contributed by atoms with E-state index in [0.29, 0.717) is 0 Å². The number of rotatable bonds is 3. The number of carbonyl (C=O) groups is 1. The van der Waals surface area contributed by atoms with E-state index in [9.17, 15) is 4.79 Å². The Labute approximate surface area is 143 Å². The molecule has 5 heteroatoms. The lowest BCUT2D eigenvalue weighted by atomic mass is 10.2. The van der Waals surface area contributed by atoms with Gasteiger partial charge in [-0.05, 0) is 49.7 Å². The molecular formula is C18H17BrN2O2. The zero-order chi connectivity index (χ0) is 16.4. The van der Waals surface area contributed by atoms with Crippen molar-refractivity contribution >= 4 is 38.6 Å². The second kappa shape index (κ2) is 6.46. The number of anilines is 1. The van der Waals surface area contributed by atoms with E-state index in [2.05, 4.69) is 26.6 Å². The van der Waals surface area contributed by atoms with Crippen LogP contribution in [0.1, 0.15) is 24.3 Å². The van der Waals surface area contributed by atoms with Gasteiger partial charge in [0.25, 0.3) is 0 Å². The molecule has 0 saturated carbocycles. The van der Waals surface area contributed by atoms with Gasteiger partial charge in [-0.3, -0.25) is 0 Å². The highest BCUT2D eigenvalue weighted by molar-refractivity contribution is 9.10. The molecule has 0 aliphatic heterocycles. The Hall–Kier alpha value is -2.27. The molecule has 0 radical (unpaired) electrons. The number of aryl methyl sites for hydroxylation is 1. The van der Waals surface area contributed by atoms with Crippen LogP contribution >= 0.6 is 15.9 Å². The second-order valence-corrected chi connectivity index (χ2v) is 6.38. The van der Waals surface area contributed by atoms with Gasteiger partial charge < -0.3 is 15.1 Å². The minimum atomic E-state index is -0.261. The summed E-state index contributed by atoms with van der Waals surface area (Å²) in [6.07, 6.45) is 0. The van der Waals surface area contributed by atoms with Gasteiger partial charge in [0.05, 0.1) is 6.04 Å². The number of halogens is 1. The van der Waals surface area contributed by atoms with Crippen LogP contribution in [-0.4, -0.2) is 6.03 Å². The predicted molar refractivity (Wildman–Crippen MR) is 95.7 cm³/mol. The van der Waals surface area contributed by atoms with Crippen LogP contribution in [0.25, 0.3) is 11.0 Å². The van der Waals surface area contributed by atoms with Gasteiger partial charge in [0.1, 0.15) is 11.3 Å². The average Bonchev–Trinajstić information content (AvgIpc) is 2.94. The quantitative estimate of drug-likeness (QED) is 0.647. The van der Waals surface area contributed by atoms with E-state index >= 15 is 0 Å². The summed E-state index contributed by atoms with van der Waals surface area (Å²) in [7, 11) is 0. The van der Waals surface area contributed by atoms with Crippen molar-refractivity contribution in [1.82, 2.24) is 5.32 Å². The van der Waals surface area contributed by atoms with Crippen molar-refractivity contribution in [2.45, 2.75) is 19.9 Å². The van der Waals surface area contributed by atoms with Crippen LogP contribution in [0.2, 0.25) is 0 Å². The molecule has 0 bridgehead atoms. The summed E-state index contributed by atoms with van der Waals surface area (Å²) in [5.74, 6) is 0.730. The van der Waals surface area contributed by atoms with E-state index in [1.54, 1.807) is 0 Å². The molecule has 1 atom stereocenters. The summed E-state index contributed by atoms with van der Waals surface area (Å²) in [5, 5.41) is 6.78. The average molecular weight is 373 g/mol. The number of fused-ring (bicyclic) bond motifs is 1. The largest absolute Gasteiger partial charge is 0.459 e. The molecule has 1 heterocycles. The SMILES string of the molecule is Cc1cc(Br)ccc1NC(=O)NC(C)c1cc2ccccc2o1. The molecule has 1 unspecified atom stereocenters. The van der Waals surface area contributed by atoms with Gasteiger partial charge in [-0.2, -0.15) is 0 Å². The van der Waals surface area contributed by atoms with Crippen LogP contribution in [0.5, 0.6) is 0 Å². The van der Waals surface area contributed by atoms with Crippen LogP contribution in [0.15, 0.2) is 57.4 Å². The maximum absolute atomic E-state index is 12.2. The molecule has 3 rings (SSSR count). The normalized spacial score (nSPS) is 12.1. The van der Waals surface area contributed by atoms with Crippen LogP contribution in [-0.2, 0) is 0 Å². The summed E-state index contributed by atoms with van der Waals surface area (Å²) in [4.78, 5) is 12.2. The molecule has 1 aromatic heterocycles. The molecule has 0 saturated heterocycles. The van der Waals surface area contributed by atoms with Crippen molar-refractivity contribution in [2.24, 2.45) is 0 Å². The van der Waals surface area contributed by atoms with Crippen molar-refractivity contribution in [3.05, 3.63) is 64.3 Å². The van der Waals surface area contributed by atoms with E-state index in [-0.39, 0.29) is 12.1 Å². The molecule has 3 aromatic rings. The van der Waals surface area contributed by atoms with Gasteiger partial charge in [-0.15, -0.1) is 0 Å². The molecule has 0 spiro atoms. The molecule has 2 amide bonds. The minimum Gasteiger partial charge on any atom is -0.459 e. The van der Waals surface area contributed by atoms with Gasteiger partial charge >= 0.3 is 6.03 Å². The highest BCUT2D eigenvalue weighted by atomic mass is 79.9. The number of furan rings is 1. The lowest BCUT2D eigenvalue weighted by Crippen LogP contribution is -2.31. The minimum absolute atomic E-state index is 0.224. The Kier molecular flexibility index (Phi) is 4.39. The van der Waals surface area contributed by atoms with Crippen molar-refractivity contribution in [1.29, 1.82) is 0 Å². The smallest absolute Gasteiger partial charge is 0.319 e. The number of amides is 2. The number of urea groups is 1. The summed E-state index contributed by atoms with van der Waals surface area (Å²) in [5.41, 5.74) is 2.59. The molecular weight excluding hydrogens is 356 g/mol. The first kappa shape index (κ1) is 15.6. The summed E-state index contributed by atoms with van der Waals surface area (Å²) >= 11 is 3.41. The van der Waals surface area contributed by atoms with E-state index in [4.69, 9.17) is 4.42 Å². The Morgan fingerprint density at radius 1 is 1.17 bits per heavy atom. The third-order valence-corrected chi connectivity index (χ3v) is 4.15. The number of hydrogen-bond donors (Lipinski definition) is 2. The first-order valence-electron chi connectivity index (χ1n) is 7.35. The number of carbonyl (C=O) groups excluding carboxylic acids is 1. The molecule has 23 heavy (non-hydrogen) atoms. The third kappa shape index (κ3) is 3.56. The maximum Gasteiger partial charge on any atom is 0.319 e. The molecule has 2 N–H and O–H groups in total. The molecule has 0 aliphatic rings. The lowest BCUT2D eigenvalue weighted by molar-refractivity contribution is 0.248. The van der Waals surface area contributed by atoms with Gasteiger partial charge in [-0.25, -0.2) is 4.79 Å². The van der Waals surface area contributed by atoms with Crippen molar-refractivity contribution in [3.8, 4) is 0 Å². The zero-order valence-electron chi connectivity index (χ0n) is 12.9. The Morgan fingerprint density at radius 3 is 2.70 bits per heavy atom. The number of benzene rings is 2. The standard InChI is InChI=1S/C18H17BrN2O2/c1-11-9-14(19)7-8-15(11)21-18(22)20-12(2)17-10-13-5-3-4-6-16(13)23-17/h3-10,12H,1-2H3,(H2,20,21,22). The topological polar surface area (TPSA) is 54.3 Å². The van der Waals surface area contributed by atoms with Gasteiger partial charge in [-0.1, -0.05) is 34.1 Å². The molecule has 0 fully saturated rings. The van der Waals surface area contributed by atoms with Crippen molar-refractivity contribution in [2.75, 3.05) is 5.32 Å². The lowest BCUT2D eigenvalue weighted by Gasteiger charge is -2.14. The Balaban J connectivity index is 1.69. The Morgan fingerprint density at radius 2 is 1.96 bits per heavy atom. The molecule has 2 aromatic carbocycles. The fourth-order valence-electron chi connectivity index (χ4n) is 2.41. The summed E-state index contributed by atoms with van der Waals surface area (Å²) in [6, 6.07) is 15.0. The Bertz CT molecular complexity index is 824. The van der Waals surface area contributed by atoms with Crippen LogP contribution in [0.3, 0.4) is 0 Å². The fraction of sp³-hybridized carbons (Fsp3) is 0.167. The number of nitrogens with one attached hydrogen (secondary N) is 2. The van der Waals surface area contributed by atoms with Gasteiger partial charge in [0.2, 0.25) is 0 Å². The van der Waals surface area contributed by atoms with E-state index in [1.807, 2.05) is 62.4 Å². The maximum atomic E-state index is 12.2. The molecule has 4 nitrogen and oxygen atoms in total. The van der Waals surface area contributed by atoms with Gasteiger partial charge in [0.15, 0.2) is 0 Å². The van der Waals surface area contributed by atoms with E-state index < -0.39 is 0 Å². The van der Waals surface area contributed by atoms with Gasteiger partial charge in [0, 0.05) is 15.5 Å². The first-order chi connectivity index (χ1) is 11.0. The van der Waals surface area contributed by atoms with Crippen LogP contribution in [0.4, 0.5) is 10.5 Å². The molecule has 118 valence electrons. The first-order valence-corrected chi connectivity index (χ1v) is 8.14. The fourth-order valence-corrected chi connectivity index (χ4v) is 2.88. The van der Waals surface area contributed by atoms with Crippen LogP contribution < -0.4 is 10.6 Å². The third-order valence-electron chi connectivity index (χ3n) is 3.66. The monoisotopic (exact) mass is 372 g/mol. The van der Waals surface area contributed by atoms with E-state index in [0.717, 1.165) is 32.5 Å². The second-order valence-electron chi connectivity index (χ2n) is 5.47. The molecule has 0 aliphatic carbocycles. The predicted octanol–water partition coefficient (Wildman–Crippen LogP) is 5.39. The van der Waals surface area contributed by atoms with Crippen molar-refractivity contribution in [3.63, 3.8) is 0 Å². The number of hydrogen-bond acceptors (Lipinski definition) is 2. The highest BCUT2D eigenvalue weighted by Gasteiger charge is 2.14.